The highest BCUT2D eigenvalue weighted by Gasteiger charge is 2.29. The second-order valence-electron chi connectivity index (χ2n) is 6.78. The van der Waals surface area contributed by atoms with Crippen LogP contribution < -0.4 is 15.5 Å². The highest BCUT2D eigenvalue weighted by Crippen LogP contribution is 2.28. The van der Waals surface area contributed by atoms with E-state index in [9.17, 15) is 9.59 Å². The lowest BCUT2D eigenvalue weighted by Gasteiger charge is -2.28. The van der Waals surface area contributed by atoms with Gasteiger partial charge < -0.3 is 20.4 Å². The summed E-state index contributed by atoms with van der Waals surface area (Å²) < 4.78 is 0. The number of hydrogen-bond acceptors (Lipinski definition) is 3. The van der Waals surface area contributed by atoms with Gasteiger partial charge in [0.05, 0.1) is 0 Å². The maximum atomic E-state index is 12.6. The number of urea groups is 1. The molecule has 6 nitrogen and oxygen atoms in total. The van der Waals surface area contributed by atoms with Gasteiger partial charge in [0.25, 0.3) is 0 Å². The number of carbonyl (C=O) groups is 2. The lowest BCUT2D eigenvalue weighted by Crippen LogP contribution is -2.48. The van der Waals surface area contributed by atoms with Crippen molar-refractivity contribution in [2.45, 2.75) is 32.4 Å². The smallest absolute Gasteiger partial charge is 0.318 e. The van der Waals surface area contributed by atoms with Crippen molar-refractivity contribution in [3.8, 4) is 0 Å². The molecule has 24 heavy (non-hydrogen) atoms. The zero-order valence-electron chi connectivity index (χ0n) is 14.4. The second kappa shape index (κ2) is 7.11. The molecule has 6 heteroatoms. The molecule has 1 aromatic rings. The maximum absolute atomic E-state index is 12.6. The van der Waals surface area contributed by atoms with Gasteiger partial charge in [-0.05, 0) is 31.4 Å². The first-order valence-corrected chi connectivity index (χ1v) is 8.67. The molecular weight excluding hydrogens is 304 g/mol. The van der Waals surface area contributed by atoms with Crippen molar-refractivity contribution >= 4 is 17.6 Å². The average molecular weight is 330 g/mol. The van der Waals surface area contributed by atoms with E-state index in [-0.39, 0.29) is 23.9 Å². The van der Waals surface area contributed by atoms with Gasteiger partial charge in [-0.25, -0.2) is 4.79 Å². The molecule has 1 heterocycles. The molecule has 0 spiro atoms. The predicted molar refractivity (Wildman–Crippen MR) is 93.8 cm³/mol. The molecule has 1 saturated carbocycles. The quantitative estimate of drug-likeness (QED) is 0.824. The lowest BCUT2D eigenvalue weighted by molar-refractivity contribution is -0.122. The van der Waals surface area contributed by atoms with Crippen molar-refractivity contribution in [1.29, 1.82) is 0 Å². The van der Waals surface area contributed by atoms with Crippen molar-refractivity contribution < 1.29 is 9.59 Å². The van der Waals surface area contributed by atoms with Crippen LogP contribution in [0.5, 0.6) is 0 Å². The fourth-order valence-corrected chi connectivity index (χ4v) is 3.17. The molecule has 1 aliphatic heterocycles. The highest BCUT2D eigenvalue weighted by molar-refractivity contribution is 5.81. The van der Waals surface area contributed by atoms with Crippen molar-refractivity contribution in [1.82, 2.24) is 15.5 Å². The van der Waals surface area contributed by atoms with Gasteiger partial charge in [0.2, 0.25) is 5.91 Å². The lowest BCUT2D eigenvalue weighted by atomic mass is 10.1. The Balaban J connectivity index is 1.54. The molecule has 1 fully saturated rings. The predicted octanol–water partition coefficient (Wildman–Crippen LogP) is 1.56. The minimum atomic E-state index is -0.0757. The molecule has 0 bridgehead atoms. The molecular formula is C18H26N4O2. The fourth-order valence-electron chi connectivity index (χ4n) is 3.17. The van der Waals surface area contributed by atoms with Crippen LogP contribution in [0.4, 0.5) is 10.5 Å². The van der Waals surface area contributed by atoms with Gasteiger partial charge in [0.1, 0.15) is 0 Å². The number of nitrogens with zero attached hydrogens (tertiary/aromatic N) is 2. The molecule has 2 N–H and O–H groups in total. The van der Waals surface area contributed by atoms with E-state index in [0.29, 0.717) is 19.6 Å². The SMILES string of the molecule is C[C@@H]1CN(C)c2ccccc2CN1C(=O)NCCNC(=O)C1CC1. The Hall–Kier alpha value is -2.24. The number of para-hydroxylation sites is 1. The van der Waals surface area contributed by atoms with Crippen molar-refractivity contribution in [2.24, 2.45) is 5.92 Å². The Morgan fingerprint density at radius 3 is 2.62 bits per heavy atom. The topological polar surface area (TPSA) is 64.7 Å². The summed E-state index contributed by atoms with van der Waals surface area (Å²) in [6.07, 6.45) is 1.99. The molecule has 3 rings (SSSR count). The summed E-state index contributed by atoms with van der Waals surface area (Å²) in [5.41, 5.74) is 2.33. The van der Waals surface area contributed by atoms with Crippen LogP contribution in [-0.4, -0.2) is 49.6 Å². The summed E-state index contributed by atoms with van der Waals surface area (Å²) in [6, 6.07) is 8.23. The summed E-state index contributed by atoms with van der Waals surface area (Å²) in [6.45, 7) is 4.40. The van der Waals surface area contributed by atoms with Gasteiger partial charge in [-0.2, -0.15) is 0 Å². The number of likely N-dealkylation sites (N-methyl/N-ethyl adjacent to an activating group) is 1. The standard InChI is InChI=1S/C18H26N4O2/c1-13-11-21(2)16-6-4-3-5-15(16)12-22(13)18(24)20-10-9-19-17(23)14-7-8-14/h3-6,13-14H,7-12H2,1-2H3,(H,19,23)(H,20,24)/t13-/m1/s1. The third kappa shape index (κ3) is 3.80. The van der Waals surface area contributed by atoms with Gasteiger partial charge in [-0.3, -0.25) is 4.79 Å². The maximum Gasteiger partial charge on any atom is 0.318 e. The Morgan fingerprint density at radius 1 is 1.17 bits per heavy atom. The molecule has 3 amide bonds. The molecule has 130 valence electrons. The largest absolute Gasteiger partial charge is 0.372 e. The third-order valence-electron chi connectivity index (χ3n) is 4.72. The first-order valence-electron chi connectivity index (χ1n) is 8.67. The number of anilines is 1. The fraction of sp³-hybridized carbons (Fsp3) is 0.556. The summed E-state index contributed by atoms with van der Waals surface area (Å²) in [5, 5.41) is 5.79. The van der Waals surface area contributed by atoms with Crippen molar-refractivity contribution in [3.05, 3.63) is 29.8 Å². The van der Waals surface area contributed by atoms with E-state index in [0.717, 1.165) is 24.9 Å². The number of rotatable bonds is 4. The van der Waals surface area contributed by atoms with Crippen LogP contribution in [0.1, 0.15) is 25.3 Å². The van der Waals surface area contributed by atoms with E-state index in [2.05, 4.69) is 41.6 Å². The van der Waals surface area contributed by atoms with Crippen LogP contribution >= 0.6 is 0 Å². The number of fused-ring (bicyclic) bond motifs is 1. The van der Waals surface area contributed by atoms with E-state index in [1.54, 1.807) is 0 Å². The molecule has 0 unspecified atom stereocenters. The van der Waals surface area contributed by atoms with E-state index in [1.807, 2.05) is 17.0 Å². The first-order chi connectivity index (χ1) is 11.6. The average Bonchev–Trinajstić information content (AvgIpc) is 3.41. The second-order valence-corrected chi connectivity index (χ2v) is 6.78. The molecule has 1 aliphatic carbocycles. The van der Waals surface area contributed by atoms with E-state index in [1.165, 1.54) is 5.69 Å². The van der Waals surface area contributed by atoms with Crippen LogP contribution in [-0.2, 0) is 11.3 Å². The monoisotopic (exact) mass is 330 g/mol. The van der Waals surface area contributed by atoms with Crippen LogP contribution in [0.2, 0.25) is 0 Å². The molecule has 1 aromatic carbocycles. The zero-order valence-corrected chi connectivity index (χ0v) is 14.4. The summed E-state index contributed by atoms with van der Waals surface area (Å²) in [4.78, 5) is 28.2. The van der Waals surface area contributed by atoms with Crippen LogP contribution in [0, 0.1) is 5.92 Å². The Bertz CT molecular complexity index is 615. The van der Waals surface area contributed by atoms with Crippen molar-refractivity contribution in [2.75, 3.05) is 31.6 Å². The number of amides is 3. The molecule has 2 aliphatic rings. The minimum Gasteiger partial charge on any atom is -0.372 e. The number of hydrogen-bond donors (Lipinski definition) is 2. The van der Waals surface area contributed by atoms with E-state index >= 15 is 0 Å². The van der Waals surface area contributed by atoms with E-state index < -0.39 is 0 Å². The van der Waals surface area contributed by atoms with Gasteiger partial charge in [0.15, 0.2) is 0 Å². The molecule has 0 radical (unpaired) electrons. The Kier molecular flexibility index (Phi) is 4.92. The molecule has 0 aromatic heterocycles. The highest BCUT2D eigenvalue weighted by atomic mass is 16.2. The number of nitrogens with one attached hydrogen (secondary N) is 2. The minimum absolute atomic E-state index is 0.0757. The van der Waals surface area contributed by atoms with Gasteiger partial charge in [-0.1, -0.05) is 18.2 Å². The molecule has 1 atom stereocenters. The number of carbonyl (C=O) groups excluding carboxylic acids is 2. The van der Waals surface area contributed by atoms with Crippen molar-refractivity contribution in [3.63, 3.8) is 0 Å². The van der Waals surface area contributed by atoms with Gasteiger partial charge >= 0.3 is 6.03 Å². The zero-order chi connectivity index (χ0) is 17.1. The molecule has 0 saturated heterocycles. The Morgan fingerprint density at radius 2 is 1.88 bits per heavy atom. The summed E-state index contributed by atoms with van der Waals surface area (Å²) >= 11 is 0. The normalized spacial score (nSPS) is 20.2. The third-order valence-corrected chi connectivity index (χ3v) is 4.72. The van der Waals surface area contributed by atoms with Crippen LogP contribution in [0.15, 0.2) is 24.3 Å². The van der Waals surface area contributed by atoms with Crippen LogP contribution in [0.3, 0.4) is 0 Å². The Labute approximate surface area is 143 Å². The number of benzene rings is 1. The van der Waals surface area contributed by atoms with Gasteiger partial charge in [0, 0.05) is 50.9 Å². The summed E-state index contributed by atoms with van der Waals surface area (Å²) in [7, 11) is 2.06. The summed E-state index contributed by atoms with van der Waals surface area (Å²) in [5.74, 6) is 0.321. The van der Waals surface area contributed by atoms with E-state index in [4.69, 9.17) is 0 Å². The first kappa shape index (κ1) is 16.6. The van der Waals surface area contributed by atoms with Gasteiger partial charge in [-0.15, -0.1) is 0 Å². The van der Waals surface area contributed by atoms with Crippen LogP contribution in [0.25, 0.3) is 0 Å².